The van der Waals surface area contributed by atoms with E-state index in [0.29, 0.717) is 18.8 Å². The fraction of sp³-hybridized carbons (Fsp3) is 0.300. The first-order valence-electron chi connectivity index (χ1n) is 8.89. The lowest BCUT2D eigenvalue weighted by Gasteiger charge is -2.33. The van der Waals surface area contributed by atoms with Crippen molar-refractivity contribution in [2.75, 3.05) is 26.2 Å². The van der Waals surface area contributed by atoms with Gasteiger partial charge in [0, 0.05) is 31.6 Å². The molecule has 134 valence electrons. The van der Waals surface area contributed by atoms with Crippen LogP contribution < -0.4 is 5.32 Å². The Bertz CT molecular complexity index is 878. The predicted octanol–water partition coefficient (Wildman–Crippen LogP) is 2.19. The van der Waals surface area contributed by atoms with Crippen molar-refractivity contribution in [2.24, 2.45) is 0 Å². The maximum absolute atomic E-state index is 12.5. The number of benzene rings is 2. The molecule has 6 heteroatoms. The highest BCUT2D eigenvalue weighted by atomic mass is 16.5. The molecule has 1 atom stereocenters. The van der Waals surface area contributed by atoms with Gasteiger partial charge in [0.2, 0.25) is 0 Å². The van der Waals surface area contributed by atoms with Gasteiger partial charge in [0.05, 0.1) is 18.2 Å². The highest BCUT2D eigenvalue weighted by Crippen LogP contribution is 2.15. The third-order valence-electron chi connectivity index (χ3n) is 4.65. The summed E-state index contributed by atoms with van der Waals surface area (Å²) in [5.41, 5.74) is 2.58. The Balaban J connectivity index is 1.33. The summed E-state index contributed by atoms with van der Waals surface area (Å²) in [5, 5.41) is 10.8. The molecule has 4 rings (SSSR count). The monoisotopic (exact) mass is 350 g/mol. The van der Waals surface area contributed by atoms with Crippen LogP contribution in [0.4, 0.5) is 0 Å². The standard InChI is InChI=1S/C20H22N4O2/c25-20(19-17-8-4-5-9-18(17)22-23-19)21-12-16-14-24(10-11-26-16)13-15-6-2-1-3-7-15/h1-9,16H,10-14H2,(H,21,25)(H,22,23)/t16-/m0/s1. The molecule has 0 aliphatic carbocycles. The molecule has 2 aromatic carbocycles. The van der Waals surface area contributed by atoms with Crippen molar-refractivity contribution in [2.45, 2.75) is 12.6 Å². The van der Waals surface area contributed by atoms with Gasteiger partial charge in [-0.25, -0.2) is 0 Å². The molecule has 2 heterocycles. The van der Waals surface area contributed by atoms with Crippen molar-refractivity contribution < 1.29 is 9.53 Å². The van der Waals surface area contributed by atoms with Gasteiger partial charge in [-0.15, -0.1) is 0 Å². The van der Waals surface area contributed by atoms with E-state index in [4.69, 9.17) is 4.74 Å². The minimum Gasteiger partial charge on any atom is -0.374 e. The zero-order valence-corrected chi connectivity index (χ0v) is 14.5. The molecule has 6 nitrogen and oxygen atoms in total. The lowest BCUT2D eigenvalue weighted by molar-refractivity contribution is -0.0292. The molecule has 0 unspecified atom stereocenters. The van der Waals surface area contributed by atoms with Gasteiger partial charge in [-0.3, -0.25) is 14.8 Å². The van der Waals surface area contributed by atoms with Crippen LogP contribution in [0.25, 0.3) is 10.9 Å². The number of morpholine rings is 1. The molecule has 26 heavy (non-hydrogen) atoms. The van der Waals surface area contributed by atoms with E-state index in [9.17, 15) is 4.79 Å². The quantitative estimate of drug-likeness (QED) is 0.740. The Labute approximate surface area is 152 Å². The van der Waals surface area contributed by atoms with Crippen LogP contribution in [-0.2, 0) is 11.3 Å². The maximum atomic E-state index is 12.5. The topological polar surface area (TPSA) is 70.2 Å². The second-order valence-corrected chi connectivity index (χ2v) is 6.54. The summed E-state index contributed by atoms with van der Waals surface area (Å²) < 4.78 is 5.82. The number of amides is 1. The van der Waals surface area contributed by atoms with Crippen molar-refractivity contribution in [1.29, 1.82) is 0 Å². The van der Waals surface area contributed by atoms with Crippen molar-refractivity contribution in [3.8, 4) is 0 Å². The van der Waals surface area contributed by atoms with Crippen molar-refractivity contribution in [1.82, 2.24) is 20.4 Å². The van der Waals surface area contributed by atoms with Gasteiger partial charge in [-0.2, -0.15) is 5.10 Å². The van der Waals surface area contributed by atoms with E-state index in [0.717, 1.165) is 30.5 Å². The number of nitrogens with one attached hydrogen (secondary N) is 2. The molecule has 0 saturated carbocycles. The number of H-pyrrole nitrogens is 1. The molecular weight excluding hydrogens is 328 g/mol. The zero-order valence-electron chi connectivity index (χ0n) is 14.5. The smallest absolute Gasteiger partial charge is 0.272 e. The maximum Gasteiger partial charge on any atom is 0.272 e. The predicted molar refractivity (Wildman–Crippen MR) is 99.9 cm³/mol. The number of hydrogen-bond donors (Lipinski definition) is 2. The molecular formula is C20H22N4O2. The molecule has 0 bridgehead atoms. The van der Waals surface area contributed by atoms with Gasteiger partial charge in [-0.05, 0) is 11.6 Å². The second-order valence-electron chi connectivity index (χ2n) is 6.54. The molecule has 0 spiro atoms. The lowest BCUT2D eigenvalue weighted by Crippen LogP contribution is -2.47. The summed E-state index contributed by atoms with van der Waals surface area (Å²) in [6.07, 6.45) is -0.0124. The number of nitrogens with zero attached hydrogens (tertiary/aromatic N) is 2. The van der Waals surface area contributed by atoms with Gasteiger partial charge >= 0.3 is 0 Å². The normalized spacial score (nSPS) is 18.1. The Kier molecular flexibility index (Phi) is 4.95. The van der Waals surface area contributed by atoms with Gasteiger partial charge in [0.15, 0.2) is 5.69 Å². The van der Waals surface area contributed by atoms with Gasteiger partial charge < -0.3 is 10.1 Å². The number of ether oxygens (including phenoxy) is 1. The molecule has 1 aliphatic heterocycles. The largest absolute Gasteiger partial charge is 0.374 e. The molecule has 3 aromatic rings. The van der Waals surface area contributed by atoms with Crippen molar-refractivity contribution in [3.63, 3.8) is 0 Å². The van der Waals surface area contributed by atoms with E-state index in [1.165, 1.54) is 5.56 Å². The molecule has 1 saturated heterocycles. The molecule has 1 amide bonds. The third-order valence-corrected chi connectivity index (χ3v) is 4.65. The number of hydrogen-bond acceptors (Lipinski definition) is 4. The highest BCUT2D eigenvalue weighted by molar-refractivity contribution is 6.04. The molecule has 0 radical (unpaired) electrons. The number of para-hydroxylation sites is 1. The fourth-order valence-corrected chi connectivity index (χ4v) is 3.32. The van der Waals surface area contributed by atoms with E-state index < -0.39 is 0 Å². The first kappa shape index (κ1) is 16.8. The van der Waals surface area contributed by atoms with Crippen molar-refractivity contribution >= 4 is 16.8 Å². The van der Waals surface area contributed by atoms with Crippen LogP contribution in [0, 0.1) is 0 Å². The van der Waals surface area contributed by atoms with E-state index in [1.807, 2.05) is 30.3 Å². The minimum atomic E-state index is -0.175. The first-order chi connectivity index (χ1) is 12.8. The molecule has 1 aromatic heterocycles. The molecule has 1 fully saturated rings. The van der Waals surface area contributed by atoms with Crippen LogP contribution >= 0.6 is 0 Å². The van der Waals surface area contributed by atoms with Crippen LogP contribution in [0.3, 0.4) is 0 Å². The summed E-state index contributed by atoms with van der Waals surface area (Å²) in [4.78, 5) is 14.8. The Morgan fingerprint density at radius 2 is 2.00 bits per heavy atom. The summed E-state index contributed by atoms with van der Waals surface area (Å²) in [6.45, 7) is 3.77. The Hall–Kier alpha value is -2.70. The van der Waals surface area contributed by atoms with E-state index in [-0.39, 0.29) is 12.0 Å². The summed E-state index contributed by atoms with van der Waals surface area (Å²) in [5.74, 6) is -0.175. The first-order valence-corrected chi connectivity index (χ1v) is 8.89. The summed E-state index contributed by atoms with van der Waals surface area (Å²) in [6, 6.07) is 18.0. The number of rotatable bonds is 5. The van der Waals surface area contributed by atoms with Crippen molar-refractivity contribution in [3.05, 3.63) is 65.9 Å². The van der Waals surface area contributed by atoms with Crippen LogP contribution in [0.2, 0.25) is 0 Å². The molecule has 1 aliphatic rings. The lowest BCUT2D eigenvalue weighted by atomic mass is 10.2. The van der Waals surface area contributed by atoms with Gasteiger partial charge in [0.25, 0.3) is 5.91 Å². The van der Waals surface area contributed by atoms with E-state index in [2.05, 4.69) is 44.7 Å². The Morgan fingerprint density at radius 3 is 2.88 bits per heavy atom. The third kappa shape index (κ3) is 3.76. The fourth-order valence-electron chi connectivity index (χ4n) is 3.32. The number of aromatic amines is 1. The Morgan fingerprint density at radius 1 is 1.19 bits per heavy atom. The van der Waals surface area contributed by atoms with Gasteiger partial charge in [-0.1, -0.05) is 48.5 Å². The number of carbonyl (C=O) groups is 1. The van der Waals surface area contributed by atoms with E-state index >= 15 is 0 Å². The highest BCUT2D eigenvalue weighted by Gasteiger charge is 2.22. The van der Waals surface area contributed by atoms with Crippen LogP contribution in [-0.4, -0.2) is 53.3 Å². The molecule has 2 N–H and O–H groups in total. The van der Waals surface area contributed by atoms with Crippen LogP contribution in [0.5, 0.6) is 0 Å². The van der Waals surface area contributed by atoms with Gasteiger partial charge in [0.1, 0.15) is 0 Å². The second kappa shape index (κ2) is 7.68. The SMILES string of the molecule is O=C(NC[C@H]1CN(Cc2ccccc2)CCO1)c1n[nH]c2ccccc12. The summed E-state index contributed by atoms with van der Waals surface area (Å²) in [7, 11) is 0. The van der Waals surface area contributed by atoms with E-state index in [1.54, 1.807) is 0 Å². The zero-order chi connectivity index (χ0) is 17.8. The minimum absolute atomic E-state index is 0.0124. The number of carbonyl (C=O) groups excluding carboxylic acids is 1. The van der Waals surface area contributed by atoms with Crippen LogP contribution in [0.15, 0.2) is 54.6 Å². The average molecular weight is 350 g/mol. The average Bonchev–Trinajstić information content (AvgIpc) is 3.11. The number of aromatic nitrogens is 2. The van der Waals surface area contributed by atoms with Crippen LogP contribution in [0.1, 0.15) is 16.1 Å². The number of fused-ring (bicyclic) bond motifs is 1. The summed E-state index contributed by atoms with van der Waals surface area (Å²) >= 11 is 0.